The van der Waals surface area contributed by atoms with E-state index in [0.29, 0.717) is 12.1 Å². The molecule has 0 saturated carbocycles. The van der Waals surface area contributed by atoms with Crippen LogP contribution in [0.4, 0.5) is 0 Å². The lowest BCUT2D eigenvalue weighted by atomic mass is 10.1. The van der Waals surface area contributed by atoms with E-state index in [1.165, 1.54) is 0 Å². The van der Waals surface area contributed by atoms with E-state index >= 15 is 0 Å². The Kier molecular flexibility index (Phi) is 5.12. The average Bonchev–Trinajstić information content (AvgIpc) is 2.97. The molecule has 1 aromatic carbocycles. The van der Waals surface area contributed by atoms with Gasteiger partial charge in [-0.05, 0) is 25.3 Å². The Labute approximate surface area is 148 Å². The molecule has 0 bridgehead atoms. The molecule has 0 aliphatic carbocycles. The van der Waals surface area contributed by atoms with Crippen molar-refractivity contribution in [1.29, 1.82) is 0 Å². The van der Waals surface area contributed by atoms with Crippen molar-refractivity contribution in [3.63, 3.8) is 0 Å². The zero-order valence-corrected chi connectivity index (χ0v) is 15.0. The Balaban J connectivity index is 2.17. The standard InChI is InChI=1S/C20H24N4O/c1-4-9-17-16(20(25)21-12-5-2)13-22-19-18(14(3)23-24(17)19)15-10-7-6-8-11-15/h6-8,10-11,13H,4-5,9,12H2,1-3H3,(H,21,25). The summed E-state index contributed by atoms with van der Waals surface area (Å²) in [6.45, 7) is 6.80. The third-order valence-electron chi connectivity index (χ3n) is 4.25. The number of aryl methyl sites for hydroxylation is 2. The third-order valence-corrected chi connectivity index (χ3v) is 4.25. The molecule has 5 heteroatoms. The summed E-state index contributed by atoms with van der Waals surface area (Å²) in [6.07, 6.45) is 4.32. The molecule has 0 spiro atoms. The topological polar surface area (TPSA) is 59.3 Å². The highest BCUT2D eigenvalue weighted by atomic mass is 16.1. The van der Waals surface area contributed by atoms with Crippen molar-refractivity contribution in [2.45, 2.75) is 40.0 Å². The van der Waals surface area contributed by atoms with Gasteiger partial charge in [-0.2, -0.15) is 5.10 Å². The second kappa shape index (κ2) is 7.47. The van der Waals surface area contributed by atoms with Crippen LogP contribution in [0.25, 0.3) is 16.8 Å². The van der Waals surface area contributed by atoms with E-state index in [-0.39, 0.29) is 5.91 Å². The van der Waals surface area contributed by atoms with E-state index in [2.05, 4.69) is 29.4 Å². The fraction of sp³-hybridized carbons (Fsp3) is 0.350. The number of amides is 1. The van der Waals surface area contributed by atoms with Crippen LogP contribution in [-0.4, -0.2) is 27.0 Å². The molecule has 3 aromatic rings. The van der Waals surface area contributed by atoms with Crippen LogP contribution < -0.4 is 5.32 Å². The molecule has 2 aromatic heterocycles. The number of aromatic nitrogens is 3. The van der Waals surface area contributed by atoms with E-state index < -0.39 is 0 Å². The number of carbonyl (C=O) groups is 1. The molecule has 0 atom stereocenters. The van der Waals surface area contributed by atoms with Gasteiger partial charge in [0.25, 0.3) is 5.91 Å². The van der Waals surface area contributed by atoms with Crippen molar-refractivity contribution in [3.05, 3.63) is 53.5 Å². The normalized spacial score (nSPS) is 11.0. The lowest BCUT2D eigenvalue weighted by Gasteiger charge is -2.11. The number of benzene rings is 1. The lowest BCUT2D eigenvalue weighted by Crippen LogP contribution is -2.26. The maximum Gasteiger partial charge on any atom is 0.254 e. The van der Waals surface area contributed by atoms with Gasteiger partial charge in [-0.15, -0.1) is 0 Å². The van der Waals surface area contributed by atoms with E-state index in [0.717, 1.165) is 47.4 Å². The number of rotatable bonds is 6. The Morgan fingerprint density at radius 2 is 1.92 bits per heavy atom. The van der Waals surface area contributed by atoms with Crippen LogP contribution in [-0.2, 0) is 6.42 Å². The molecule has 3 rings (SSSR count). The number of carbonyl (C=O) groups excluding carboxylic acids is 1. The van der Waals surface area contributed by atoms with Crippen LogP contribution in [0.3, 0.4) is 0 Å². The zero-order chi connectivity index (χ0) is 17.8. The van der Waals surface area contributed by atoms with E-state index in [1.807, 2.05) is 36.6 Å². The Hall–Kier alpha value is -2.69. The van der Waals surface area contributed by atoms with Crippen molar-refractivity contribution >= 4 is 11.6 Å². The number of nitrogens with zero attached hydrogens (tertiary/aromatic N) is 3. The fourth-order valence-corrected chi connectivity index (χ4v) is 3.08. The monoisotopic (exact) mass is 336 g/mol. The number of hydrogen-bond acceptors (Lipinski definition) is 3. The van der Waals surface area contributed by atoms with Crippen LogP contribution >= 0.6 is 0 Å². The lowest BCUT2D eigenvalue weighted by molar-refractivity contribution is 0.0951. The van der Waals surface area contributed by atoms with Gasteiger partial charge < -0.3 is 5.32 Å². The van der Waals surface area contributed by atoms with Crippen molar-refractivity contribution < 1.29 is 4.79 Å². The van der Waals surface area contributed by atoms with Gasteiger partial charge in [-0.3, -0.25) is 4.79 Å². The predicted molar refractivity (Wildman–Crippen MR) is 99.8 cm³/mol. The maximum atomic E-state index is 12.5. The molecule has 130 valence electrons. The first-order valence-electron chi connectivity index (χ1n) is 8.88. The first-order chi connectivity index (χ1) is 12.2. The van der Waals surface area contributed by atoms with Gasteiger partial charge in [0, 0.05) is 18.3 Å². The molecule has 1 amide bonds. The Morgan fingerprint density at radius 3 is 2.60 bits per heavy atom. The largest absolute Gasteiger partial charge is 0.352 e. The average molecular weight is 336 g/mol. The first kappa shape index (κ1) is 17.1. The van der Waals surface area contributed by atoms with Crippen molar-refractivity contribution in [2.24, 2.45) is 0 Å². The predicted octanol–water partition coefficient (Wildman–Crippen LogP) is 3.80. The van der Waals surface area contributed by atoms with Gasteiger partial charge >= 0.3 is 0 Å². The first-order valence-corrected chi connectivity index (χ1v) is 8.88. The summed E-state index contributed by atoms with van der Waals surface area (Å²) < 4.78 is 1.85. The van der Waals surface area contributed by atoms with Gasteiger partial charge in [-0.25, -0.2) is 9.50 Å². The van der Waals surface area contributed by atoms with Crippen LogP contribution in [0.1, 0.15) is 48.4 Å². The molecule has 0 saturated heterocycles. The third kappa shape index (κ3) is 3.27. The minimum absolute atomic E-state index is 0.0749. The van der Waals surface area contributed by atoms with Crippen LogP contribution in [0.2, 0.25) is 0 Å². The quantitative estimate of drug-likeness (QED) is 0.745. The number of fused-ring (bicyclic) bond motifs is 1. The van der Waals surface area contributed by atoms with Crippen molar-refractivity contribution in [1.82, 2.24) is 19.9 Å². The highest BCUT2D eigenvalue weighted by Gasteiger charge is 2.20. The van der Waals surface area contributed by atoms with Crippen LogP contribution in [0.5, 0.6) is 0 Å². The molecule has 0 aliphatic rings. The van der Waals surface area contributed by atoms with Gasteiger partial charge in [0.2, 0.25) is 0 Å². The van der Waals surface area contributed by atoms with Crippen molar-refractivity contribution in [3.8, 4) is 11.1 Å². The van der Waals surface area contributed by atoms with E-state index in [1.54, 1.807) is 6.20 Å². The molecular formula is C20H24N4O. The van der Waals surface area contributed by atoms with Gasteiger partial charge in [0.1, 0.15) is 0 Å². The van der Waals surface area contributed by atoms with E-state index in [4.69, 9.17) is 5.10 Å². The molecule has 0 fully saturated rings. The zero-order valence-electron chi connectivity index (χ0n) is 15.0. The minimum atomic E-state index is -0.0749. The highest BCUT2D eigenvalue weighted by Crippen LogP contribution is 2.28. The molecular weight excluding hydrogens is 312 g/mol. The summed E-state index contributed by atoms with van der Waals surface area (Å²) in [6, 6.07) is 10.1. The number of hydrogen-bond donors (Lipinski definition) is 1. The summed E-state index contributed by atoms with van der Waals surface area (Å²) in [7, 11) is 0. The maximum absolute atomic E-state index is 12.5. The second-order valence-electron chi connectivity index (χ2n) is 6.19. The van der Waals surface area contributed by atoms with E-state index in [9.17, 15) is 4.79 Å². The molecule has 5 nitrogen and oxygen atoms in total. The SMILES string of the molecule is CCCNC(=O)c1cnc2c(-c3ccccc3)c(C)nn2c1CCC. The second-order valence-corrected chi connectivity index (χ2v) is 6.19. The fourth-order valence-electron chi connectivity index (χ4n) is 3.08. The van der Waals surface area contributed by atoms with Gasteiger partial charge in [-0.1, -0.05) is 50.6 Å². The highest BCUT2D eigenvalue weighted by molar-refractivity contribution is 5.95. The molecule has 25 heavy (non-hydrogen) atoms. The summed E-state index contributed by atoms with van der Waals surface area (Å²) in [4.78, 5) is 17.1. The molecule has 0 aliphatic heterocycles. The van der Waals surface area contributed by atoms with Crippen LogP contribution in [0, 0.1) is 6.92 Å². The molecule has 0 radical (unpaired) electrons. The summed E-state index contributed by atoms with van der Waals surface area (Å²) >= 11 is 0. The van der Waals surface area contributed by atoms with Crippen molar-refractivity contribution in [2.75, 3.05) is 6.54 Å². The Morgan fingerprint density at radius 1 is 1.16 bits per heavy atom. The molecule has 0 unspecified atom stereocenters. The molecule has 2 heterocycles. The Bertz CT molecular complexity index is 884. The summed E-state index contributed by atoms with van der Waals surface area (Å²) in [5, 5.41) is 7.65. The van der Waals surface area contributed by atoms with Gasteiger partial charge in [0.05, 0.1) is 17.0 Å². The minimum Gasteiger partial charge on any atom is -0.352 e. The van der Waals surface area contributed by atoms with Gasteiger partial charge in [0.15, 0.2) is 5.65 Å². The summed E-state index contributed by atoms with van der Waals surface area (Å²) in [5.74, 6) is -0.0749. The summed E-state index contributed by atoms with van der Waals surface area (Å²) in [5.41, 5.74) is 5.38. The van der Waals surface area contributed by atoms with Crippen LogP contribution in [0.15, 0.2) is 36.5 Å². The smallest absolute Gasteiger partial charge is 0.254 e. The number of nitrogens with one attached hydrogen (secondary N) is 1. The molecule has 1 N–H and O–H groups in total.